The summed E-state index contributed by atoms with van der Waals surface area (Å²) in [6.07, 6.45) is 8.76. The highest BCUT2D eigenvalue weighted by atomic mass is 16.5. The van der Waals surface area contributed by atoms with Gasteiger partial charge in [0.25, 0.3) is 0 Å². The van der Waals surface area contributed by atoms with Crippen molar-refractivity contribution in [2.45, 2.75) is 70.4 Å². The van der Waals surface area contributed by atoms with E-state index in [4.69, 9.17) is 10.5 Å². The highest BCUT2D eigenvalue weighted by Crippen LogP contribution is 2.43. The molecule has 1 aliphatic heterocycles. The molecule has 1 aromatic rings. The number of hydrogen-bond donors (Lipinski definition) is 1. The van der Waals surface area contributed by atoms with Gasteiger partial charge < -0.3 is 10.5 Å². The SMILES string of the molecule is Cc1cc(C)cc(C(N)C2CCOC3(CCCCC3)C2)c1. The molecular weight excluding hydrogens is 258 g/mol. The number of rotatable bonds is 2. The van der Waals surface area contributed by atoms with Crippen LogP contribution in [0.4, 0.5) is 0 Å². The van der Waals surface area contributed by atoms with Gasteiger partial charge in [-0.15, -0.1) is 0 Å². The fraction of sp³-hybridized carbons (Fsp3) is 0.684. The second kappa shape index (κ2) is 6.10. The molecule has 0 radical (unpaired) electrons. The average molecular weight is 287 g/mol. The van der Waals surface area contributed by atoms with E-state index in [9.17, 15) is 0 Å². The fourth-order valence-electron chi connectivity index (χ4n) is 4.39. The molecule has 116 valence electrons. The molecule has 2 nitrogen and oxygen atoms in total. The molecule has 2 heteroatoms. The Morgan fingerprint density at radius 2 is 1.76 bits per heavy atom. The summed E-state index contributed by atoms with van der Waals surface area (Å²) in [6, 6.07) is 6.91. The molecule has 0 aromatic heterocycles. The molecule has 1 saturated carbocycles. The van der Waals surface area contributed by atoms with Crippen LogP contribution in [0.2, 0.25) is 0 Å². The molecule has 1 aromatic carbocycles. The van der Waals surface area contributed by atoms with Crippen LogP contribution >= 0.6 is 0 Å². The summed E-state index contributed by atoms with van der Waals surface area (Å²) >= 11 is 0. The Morgan fingerprint density at radius 3 is 2.43 bits per heavy atom. The lowest BCUT2D eigenvalue weighted by Crippen LogP contribution is -2.44. The van der Waals surface area contributed by atoms with Crippen LogP contribution in [-0.4, -0.2) is 12.2 Å². The molecule has 0 bridgehead atoms. The number of ether oxygens (including phenoxy) is 1. The van der Waals surface area contributed by atoms with E-state index >= 15 is 0 Å². The van der Waals surface area contributed by atoms with E-state index in [0.717, 1.165) is 19.4 Å². The van der Waals surface area contributed by atoms with Gasteiger partial charge in [0, 0.05) is 12.6 Å². The number of nitrogens with two attached hydrogens (primary N) is 1. The first-order valence-electron chi connectivity index (χ1n) is 8.56. The minimum Gasteiger partial charge on any atom is -0.375 e. The van der Waals surface area contributed by atoms with Gasteiger partial charge in [-0.05, 0) is 51.0 Å². The summed E-state index contributed by atoms with van der Waals surface area (Å²) < 4.78 is 6.21. The highest BCUT2D eigenvalue weighted by molar-refractivity contribution is 5.31. The third kappa shape index (κ3) is 3.32. The second-order valence-corrected chi connectivity index (χ2v) is 7.29. The Labute approximate surface area is 129 Å². The first kappa shape index (κ1) is 15.1. The number of hydrogen-bond acceptors (Lipinski definition) is 2. The summed E-state index contributed by atoms with van der Waals surface area (Å²) in [7, 11) is 0. The van der Waals surface area contributed by atoms with Crippen LogP contribution in [0.15, 0.2) is 18.2 Å². The zero-order chi connectivity index (χ0) is 14.9. The van der Waals surface area contributed by atoms with Crippen LogP contribution in [0.3, 0.4) is 0 Å². The van der Waals surface area contributed by atoms with Gasteiger partial charge >= 0.3 is 0 Å². The van der Waals surface area contributed by atoms with Crippen LogP contribution in [0.5, 0.6) is 0 Å². The van der Waals surface area contributed by atoms with Crippen molar-refractivity contribution in [1.29, 1.82) is 0 Å². The van der Waals surface area contributed by atoms with Crippen molar-refractivity contribution in [1.82, 2.24) is 0 Å². The van der Waals surface area contributed by atoms with Gasteiger partial charge in [0.1, 0.15) is 0 Å². The molecule has 1 heterocycles. The van der Waals surface area contributed by atoms with E-state index in [0.29, 0.717) is 5.92 Å². The molecule has 2 atom stereocenters. The van der Waals surface area contributed by atoms with Crippen LogP contribution in [0.25, 0.3) is 0 Å². The van der Waals surface area contributed by atoms with Crippen molar-refractivity contribution in [2.24, 2.45) is 11.7 Å². The van der Waals surface area contributed by atoms with Crippen LogP contribution in [0.1, 0.15) is 67.7 Å². The second-order valence-electron chi connectivity index (χ2n) is 7.29. The van der Waals surface area contributed by atoms with Crippen molar-refractivity contribution < 1.29 is 4.74 Å². The standard InChI is InChI=1S/C19H29NO/c1-14-10-15(2)12-17(11-14)18(20)16-6-9-21-19(13-16)7-4-3-5-8-19/h10-12,16,18H,3-9,13,20H2,1-2H3. The summed E-state index contributed by atoms with van der Waals surface area (Å²) in [5.41, 5.74) is 10.7. The quantitative estimate of drug-likeness (QED) is 0.873. The van der Waals surface area contributed by atoms with E-state index in [1.165, 1.54) is 48.8 Å². The van der Waals surface area contributed by atoms with E-state index in [2.05, 4.69) is 32.0 Å². The third-order valence-corrected chi connectivity index (χ3v) is 5.43. The lowest BCUT2D eigenvalue weighted by Gasteiger charge is -2.45. The Bertz CT molecular complexity index is 465. The molecule has 2 aliphatic rings. The lowest BCUT2D eigenvalue weighted by molar-refractivity contribution is -0.120. The van der Waals surface area contributed by atoms with Crippen molar-refractivity contribution in [3.05, 3.63) is 34.9 Å². The Balaban J connectivity index is 1.76. The maximum absolute atomic E-state index is 6.64. The van der Waals surface area contributed by atoms with Gasteiger partial charge in [0.2, 0.25) is 0 Å². The van der Waals surface area contributed by atoms with E-state index in [1.807, 2.05) is 0 Å². The molecule has 2 N–H and O–H groups in total. The van der Waals surface area contributed by atoms with Gasteiger partial charge in [0.15, 0.2) is 0 Å². The summed E-state index contributed by atoms with van der Waals surface area (Å²) in [4.78, 5) is 0. The van der Waals surface area contributed by atoms with Gasteiger partial charge in [-0.2, -0.15) is 0 Å². The molecule has 0 amide bonds. The lowest BCUT2D eigenvalue weighted by atomic mass is 9.73. The molecule has 1 aliphatic carbocycles. The Morgan fingerprint density at radius 1 is 1.10 bits per heavy atom. The molecule has 21 heavy (non-hydrogen) atoms. The van der Waals surface area contributed by atoms with Gasteiger partial charge in [-0.25, -0.2) is 0 Å². The van der Waals surface area contributed by atoms with E-state index in [-0.39, 0.29) is 11.6 Å². The number of aryl methyl sites for hydroxylation is 2. The third-order valence-electron chi connectivity index (χ3n) is 5.43. The smallest absolute Gasteiger partial charge is 0.0685 e. The normalized spacial score (nSPS) is 26.7. The fourth-order valence-corrected chi connectivity index (χ4v) is 4.39. The summed E-state index contributed by atoms with van der Waals surface area (Å²) in [6.45, 7) is 5.22. The van der Waals surface area contributed by atoms with Crippen molar-refractivity contribution in [2.75, 3.05) is 6.61 Å². The zero-order valence-electron chi connectivity index (χ0n) is 13.5. The summed E-state index contributed by atoms with van der Waals surface area (Å²) in [5, 5.41) is 0. The number of benzene rings is 1. The zero-order valence-corrected chi connectivity index (χ0v) is 13.5. The first-order chi connectivity index (χ1) is 10.1. The molecule has 3 rings (SSSR count). The highest BCUT2D eigenvalue weighted by Gasteiger charge is 2.40. The Hall–Kier alpha value is -0.860. The molecule has 2 fully saturated rings. The monoisotopic (exact) mass is 287 g/mol. The van der Waals surface area contributed by atoms with Crippen LogP contribution in [0, 0.1) is 19.8 Å². The van der Waals surface area contributed by atoms with E-state index < -0.39 is 0 Å². The predicted molar refractivity (Wildman–Crippen MR) is 87.3 cm³/mol. The summed E-state index contributed by atoms with van der Waals surface area (Å²) in [5.74, 6) is 0.568. The predicted octanol–water partition coefficient (Wildman–Crippen LogP) is 4.43. The largest absolute Gasteiger partial charge is 0.375 e. The maximum Gasteiger partial charge on any atom is 0.0685 e. The first-order valence-corrected chi connectivity index (χ1v) is 8.56. The van der Waals surface area contributed by atoms with E-state index in [1.54, 1.807) is 0 Å². The molecular formula is C19H29NO. The molecule has 1 saturated heterocycles. The molecule has 2 unspecified atom stereocenters. The van der Waals surface area contributed by atoms with Gasteiger partial charge in [0.05, 0.1) is 5.60 Å². The maximum atomic E-state index is 6.64. The Kier molecular flexibility index (Phi) is 4.37. The minimum atomic E-state index is 0.150. The average Bonchev–Trinajstić information content (AvgIpc) is 2.46. The van der Waals surface area contributed by atoms with Crippen molar-refractivity contribution >= 4 is 0 Å². The van der Waals surface area contributed by atoms with Gasteiger partial charge in [-0.3, -0.25) is 0 Å². The van der Waals surface area contributed by atoms with Crippen molar-refractivity contribution in [3.8, 4) is 0 Å². The van der Waals surface area contributed by atoms with Crippen LogP contribution < -0.4 is 5.73 Å². The minimum absolute atomic E-state index is 0.150. The van der Waals surface area contributed by atoms with Crippen molar-refractivity contribution in [3.63, 3.8) is 0 Å². The topological polar surface area (TPSA) is 35.2 Å². The van der Waals surface area contributed by atoms with Crippen LogP contribution in [-0.2, 0) is 4.74 Å². The van der Waals surface area contributed by atoms with Gasteiger partial charge in [-0.1, -0.05) is 48.6 Å². The molecule has 1 spiro atoms.